The van der Waals surface area contributed by atoms with Gasteiger partial charge in [0.2, 0.25) is 5.91 Å². The number of nitrogens with one attached hydrogen (secondary N) is 1. The summed E-state index contributed by atoms with van der Waals surface area (Å²) >= 11 is 0. The molecule has 1 rings (SSSR count). The highest BCUT2D eigenvalue weighted by Gasteiger charge is 2.01. The van der Waals surface area contributed by atoms with Crippen molar-refractivity contribution in [1.82, 2.24) is 5.23 Å². The third-order valence-electron chi connectivity index (χ3n) is 1.69. The van der Waals surface area contributed by atoms with Gasteiger partial charge >= 0.3 is 0 Å². The van der Waals surface area contributed by atoms with Crippen LogP contribution >= 0.6 is 0 Å². The van der Waals surface area contributed by atoms with Crippen molar-refractivity contribution < 1.29 is 4.79 Å². The first kappa shape index (κ1) is 10.4. The van der Waals surface area contributed by atoms with E-state index in [1.807, 2.05) is 6.07 Å². The summed E-state index contributed by atoms with van der Waals surface area (Å²) in [7, 11) is 6.13. The predicted octanol–water partition coefficient (Wildman–Crippen LogP) is -0.0803. The highest BCUT2D eigenvalue weighted by molar-refractivity contribution is 6.89. The van der Waals surface area contributed by atoms with Crippen LogP contribution in [0.2, 0.25) is 0 Å². The van der Waals surface area contributed by atoms with Crippen molar-refractivity contribution >= 4 is 20.9 Å². The number of carbonyl (C=O) groups is 1. The fourth-order valence-corrected chi connectivity index (χ4v) is 1.03. The minimum atomic E-state index is -0.169. The summed E-state index contributed by atoms with van der Waals surface area (Å²) in [6.45, 7) is 0. The zero-order valence-electron chi connectivity index (χ0n) is 7.53. The highest BCUT2D eigenvalue weighted by atomic mass is 16.1. The quantitative estimate of drug-likeness (QED) is 0.662. The Bertz CT molecular complexity index is 356. The van der Waals surface area contributed by atoms with Crippen LogP contribution in [-0.4, -0.2) is 20.9 Å². The molecule has 0 aliphatic carbocycles. The molecule has 1 aromatic carbocycles. The number of nitrogens with zero attached hydrogens (tertiary/aromatic N) is 1. The first-order chi connectivity index (χ1) is 6.76. The van der Waals surface area contributed by atoms with E-state index in [0.717, 1.165) is 12.9 Å². The molecule has 0 aromatic heterocycles. The first-order valence-electron chi connectivity index (χ1n) is 4.08. The fraction of sp³-hybridized carbons (Fsp3) is 0.111. The Hall–Kier alpha value is -1.69. The molecule has 14 heavy (non-hydrogen) atoms. The third kappa shape index (κ3) is 2.98. The maximum absolute atomic E-state index is 11.1. The number of benzene rings is 1. The molecular formula is C9H7B2N2O. The Balaban J connectivity index is 2.61. The summed E-state index contributed by atoms with van der Waals surface area (Å²) in [6, 6.07) is 8.85. The molecule has 1 N–H and O–H groups in total. The molecule has 1 aromatic rings. The van der Waals surface area contributed by atoms with E-state index in [0.29, 0.717) is 5.56 Å². The van der Waals surface area contributed by atoms with Crippen LogP contribution in [0.5, 0.6) is 0 Å². The van der Waals surface area contributed by atoms with Crippen LogP contribution in [0.15, 0.2) is 24.3 Å². The van der Waals surface area contributed by atoms with Crippen LogP contribution in [-0.2, 0) is 11.2 Å². The smallest absolute Gasteiger partial charge is 0.211 e. The van der Waals surface area contributed by atoms with Crippen molar-refractivity contribution in [3.63, 3.8) is 0 Å². The lowest BCUT2D eigenvalue weighted by Crippen LogP contribution is -2.28. The number of nitriles is 1. The van der Waals surface area contributed by atoms with E-state index >= 15 is 0 Å². The number of hydrogen-bond acceptors (Lipinski definition) is 2. The van der Waals surface area contributed by atoms with Gasteiger partial charge < -0.3 is 5.23 Å². The van der Waals surface area contributed by atoms with E-state index in [9.17, 15) is 4.79 Å². The monoisotopic (exact) mass is 181 g/mol. The van der Waals surface area contributed by atoms with Gasteiger partial charge in [-0.15, -0.1) is 0 Å². The normalized spacial score (nSPS) is 8.79. The number of carbonyl (C=O) groups excluding carboxylic acids is 1. The lowest BCUT2D eigenvalue weighted by Gasteiger charge is -2.01. The van der Waals surface area contributed by atoms with Crippen molar-refractivity contribution in [1.29, 1.82) is 5.26 Å². The fourth-order valence-electron chi connectivity index (χ4n) is 1.03. The van der Waals surface area contributed by atoms with E-state index < -0.39 is 0 Å². The topological polar surface area (TPSA) is 52.9 Å². The Morgan fingerprint density at radius 3 is 2.64 bits per heavy atom. The minimum absolute atomic E-state index is 0.169. The lowest BCUT2D eigenvalue weighted by molar-refractivity contribution is -0.118. The highest BCUT2D eigenvalue weighted by Crippen LogP contribution is 2.03. The van der Waals surface area contributed by atoms with Crippen LogP contribution in [0.4, 0.5) is 0 Å². The van der Waals surface area contributed by atoms with Gasteiger partial charge in [-0.1, -0.05) is 12.1 Å². The predicted molar refractivity (Wildman–Crippen MR) is 54.5 cm³/mol. The molecule has 65 valence electrons. The third-order valence-corrected chi connectivity index (χ3v) is 1.69. The van der Waals surface area contributed by atoms with Gasteiger partial charge in [-0.05, 0) is 17.7 Å². The average Bonchev–Trinajstić information content (AvgIpc) is 2.19. The molecule has 3 radical (unpaired) electrons. The SMILES string of the molecule is [B][B]NC(=O)Cc1ccc(C#N)cc1. The average molecular weight is 181 g/mol. The van der Waals surface area contributed by atoms with Gasteiger partial charge in [0.1, 0.15) is 0 Å². The molecular weight excluding hydrogens is 174 g/mol. The second-order valence-corrected chi connectivity index (χ2v) is 2.72. The Morgan fingerprint density at radius 1 is 1.50 bits per heavy atom. The van der Waals surface area contributed by atoms with Gasteiger partial charge in [-0.2, -0.15) is 5.26 Å². The molecule has 0 fully saturated rings. The van der Waals surface area contributed by atoms with Gasteiger partial charge in [0.15, 0.2) is 7.31 Å². The minimum Gasteiger partial charge on any atom is -0.412 e. The largest absolute Gasteiger partial charge is 0.412 e. The molecule has 0 saturated carbocycles. The van der Waals surface area contributed by atoms with E-state index in [4.69, 9.17) is 13.0 Å². The molecule has 1 amide bonds. The van der Waals surface area contributed by atoms with E-state index in [-0.39, 0.29) is 12.3 Å². The zero-order valence-corrected chi connectivity index (χ0v) is 7.53. The van der Waals surface area contributed by atoms with Crippen molar-refractivity contribution in [2.75, 3.05) is 0 Å². The van der Waals surface area contributed by atoms with Crippen molar-refractivity contribution in [3.05, 3.63) is 35.4 Å². The Kier molecular flexibility index (Phi) is 3.81. The Labute approximate surface area is 84.8 Å². The van der Waals surface area contributed by atoms with Crippen LogP contribution in [0.3, 0.4) is 0 Å². The summed E-state index contributed by atoms with van der Waals surface area (Å²) < 4.78 is 0. The second kappa shape index (κ2) is 5.13. The zero-order chi connectivity index (χ0) is 10.4. The molecule has 0 bridgehead atoms. The van der Waals surface area contributed by atoms with E-state index in [2.05, 4.69) is 5.23 Å². The van der Waals surface area contributed by atoms with Gasteiger partial charge in [0.05, 0.1) is 18.1 Å². The number of rotatable bonds is 3. The van der Waals surface area contributed by atoms with Gasteiger partial charge in [0.25, 0.3) is 0 Å². The second-order valence-electron chi connectivity index (χ2n) is 2.72. The van der Waals surface area contributed by atoms with Crippen LogP contribution in [0.1, 0.15) is 11.1 Å². The van der Waals surface area contributed by atoms with Crippen molar-refractivity contribution in [2.24, 2.45) is 0 Å². The number of hydrogen-bond donors (Lipinski definition) is 1. The van der Waals surface area contributed by atoms with Gasteiger partial charge in [-0.3, -0.25) is 4.79 Å². The van der Waals surface area contributed by atoms with E-state index in [1.54, 1.807) is 24.3 Å². The summed E-state index contributed by atoms with van der Waals surface area (Å²) in [5, 5.41) is 10.9. The lowest BCUT2D eigenvalue weighted by atomic mass is 9.67. The molecule has 3 nitrogen and oxygen atoms in total. The molecule has 0 unspecified atom stereocenters. The standard InChI is InChI=1S/C9H7B2N2O/c10-11-13-9(14)5-7-1-3-8(6-12)4-2-7/h1-4H,5H2,(H,13,14). The molecule has 0 heterocycles. The van der Waals surface area contributed by atoms with Gasteiger partial charge in [-0.25, -0.2) is 0 Å². The van der Waals surface area contributed by atoms with Crippen molar-refractivity contribution in [3.8, 4) is 6.07 Å². The maximum Gasteiger partial charge on any atom is 0.211 e. The number of amides is 1. The van der Waals surface area contributed by atoms with Crippen LogP contribution in [0.25, 0.3) is 0 Å². The van der Waals surface area contributed by atoms with Crippen LogP contribution in [0, 0.1) is 11.3 Å². The molecule has 0 saturated heterocycles. The van der Waals surface area contributed by atoms with Crippen LogP contribution < -0.4 is 5.23 Å². The molecule has 0 aliphatic rings. The summed E-state index contributed by atoms with van der Waals surface area (Å²) in [4.78, 5) is 11.1. The summed E-state index contributed by atoms with van der Waals surface area (Å²) in [6.07, 6.45) is 0.263. The van der Waals surface area contributed by atoms with Gasteiger partial charge in [0, 0.05) is 7.74 Å². The molecule has 0 atom stereocenters. The van der Waals surface area contributed by atoms with E-state index in [1.165, 1.54) is 0 Å². The first-order valence-corrected chi connectivity index (χ1v) is 4.08. The summed E-state index contributed by atoms with van der Waals surface area (Å²) in [5.41, 5.74) is 1.43. The maximum atomic E-state index is 11.1. The Morgan fingerprint density at radius 2 is 2.14 bits per heavy atom. The molecule has 0 spiro atoms. The van der Waals surface area contributed by atoms with Crippen molar-refractivity contribution in [2.45, 2.75) is 6.42 Å². The molecule has 5 heteroatoms. The summed E-state index contributed by atoms with van der Waals surface area (Å²) in [5.74, 6) is -0.169. The molecule has 0 aliphatic heterocycles.